The predicted octanol–water partition coefficient (Wildman–Crippen LogP) is 3.08. The third-order valence-electron chi connectivity index (χ3n) is 4.50. The summed E-state index contributed by atoms with van der Waals surface area (Å²) in [4.78, 5) is 14.6. The lowest BCUT2D eigenvalue weighted by atomic mass is 10.0. The van der Waals surface area contributed by atoms with Gasteiger partial charge in [0.05, 0.1) is 12.8 Å². The maximum Gasteiger partial charge on any atom is 0.242 e. The van der Waals surface area contributed by atoms with Crippen molar-refractivity contribution in [2.24, 2.45) is 0 Å². The van der Waals surface area contributed by atoms with E-state index in [1.54, 1.807) is 29.2 Å². The Morgan fingerprint density at radius 3 is 2.58 bits per heavy atom. The SMILES string of the molecule is CS(=O)(=O)N(CC(=O)N1CCCc2ccccc21)Cc1ccccc1Cl. The van der Waals surface area contributed by atoms with Crippen LogP contribution < -0.4 is 4.90 Å². The molecule has 1 aliphatic heterocycles. The number of carbonyl (C=O) groups excluding carboxylic acids is 1. The van der Waals surface area contributed by atoms with Crippen molar-refractivity contribution in [3.8, 4) is 0 Å². The van der Waals surface area contributed by atoms with Crippen LogP contribution >= 0.6 is 11.6 Å². The minimum Gasteiger partial charge on any atom is -0.311 e. The van der Waals surface area contributed by atoms with E-state index in [4.69, 9.17) is 11.6 Å². The van der Waals surface area contributed by atoms with E-state index in [0.717, 1.165) is 30.3 Å². The van der Waals surface area contributed by atoms with Gasteiger partial charge < -0.3 is 4.90 Å². The highest BCUT2D eigenvalue weighted by atomic mass is 35.5. The quantitative estimate of drug-likeness (QED) is 0.785. The second kappa shape index (κ2) is 7.78. The van der Waals surface area contributed by atoms with E-state index in [2.05, 4.69) is 0 Å². The Balaban J connectivity index is 1.82. The number of halogens is 1. The van der Waals surface area contributed by atoms with Crippen molar-refractivity contribution in [2.45, 2.75) is 19.4 Å². The monoisotopic (exact) mass is 392 g/mol. The molecule has 0 saturated carbocycles. The summed E-state index contributed by atoms with van der Waals surface area (Å²) in [7, 11) is -3.56. The highest BCUT2D eigenvalue weighted by Crippen LogP contribution is 2.27. The van der Waals surface area contributed by atoms with Gasteiger partial charge >= 0.3 is 0 Å². The van der Waals surface area contributed by atoms with Crippen molar-refractivity contribution >= 4 is 33.2 Å². The zero-order valence-electron chi connectivity index (χ0n) is 14.6. The number of aryl methyl sites for hydroxylation is 1. The molecule has 5 nitrogen and oxygen atoms in total. The average Bonchev–Trinajstić information content (AvgIpc) is 2.61. The first-order valence-corrected chi connectivity index (χ1v) is 10.7. The molecule has 3 rings (SSSR count). The fraction of sp³-hybridized carbons (Fsp3) is 0.316. The van der Waals surface area contributed by atoms with Gasteiger partial charge in [0.1, 0.15) is 0 Å². The van der Waals surface area contributed by atoms with Gasteiger partial charge in [-0.3, -0.25) is 4.79 Å². The van der Waals surface area contributed by atoms with Crippen molar-refractivity contribution in [2.75, 3.05) is 24.2 Å². The van der Waals surface area contributed by atoms with Gasteiger partial charge in [-0.05, 0) is 36.1 Å². The zero-order chi connectivity index (χ0) is 18.7. The first-order chi connectivity index (χ1) is 12.4. The number of benzene rings is 2. The fourth-order valence-electron chi connectivity index (χ4n) is 3.14. The molecule has 1 amide bonds. The lowest BCUT2D eigenvalue weighted by molar-refractivity contribution is -0.119. The maximum absolute atomic E-state index is 12.9. The number of nitrogens with zero attached hydrogens (tertiary/aromatic N) is 2. The number of rotatable bonds is 5. The Morgan fingerprint density at radius 1 is 1.15 bits per heavy atom. The van der Waals surface area contributed by atoms with E-state index < -0.39 is 10.0 Å². The highest BCUT2D eigenvalue weighted by molar-refractivity contribution is 7.88. The summed E-state index contributed by atoms with van der Waals surface area (Å²) in [5.74, 6) is -0.227. The van der Waals surface area contributed by atoms with Gasteiger partial charge in [-0.15, -0.1) is 0 Å². The standard InChI is InChI=1S/C19H21ClN2O3S/c1-26(24,25)21(13-16-8-2-4-10-17(16)20)14-19(23)22-12-6-9-15-7-3-5-11-18(15)22/h2-5,7-8,10-11H,6,9,12-14H2,1H3. The van der Waals surface area contributed by atoms with Crippen LogP contribution in [0, 0.1) is 0 Å². The highest BCUT2D eigenvalue weighted by Gasteiger charge is 2.27. The minimum atomic E-state index is -3.56. The molecule has 1 heterocycles. The number of anilines is 1. The van der Waals surface area contributed by atoms with Crippen LogP contribution in [0.15, 0.2) is 48.5 Å². The number of para-hydroxylation sites is 1. The summed E-state index contributed by atoms with van der Waals surface area (Å²) in [5.41, 5.74) is 2.66. The number of amides is 1. The maximum atomic E-state index is 12.9. The van der Waals surface area contributed by atoms with E-state index >= 15 is 0 Å². The molecule has 138 valence electrons. The molecular weight excluding hydrogens is 372 g/mol. The van der Waals surface area contributed by atoms with Gasteiger partial charge in [0, 0.05) is 23.8 Å². The summed E-state index contributed by atoms with van der Waals surface area (Å²) >= 11 is 6.15. The van der Waals surface area contributed by atoms with Crippen molar-refractivity contribution in [1.82, 2.24) is 4.31 Å². The molecule has 0 unspecified atom stereocenters. The van der Waals surface area contributed by atoms with Crippen LogP contribution in [0.4, 0.5) is 5.69 Å². The molecule has 26 heavy (non-hydrogen) atoms. The Morgan fingerprint density at radius 2 is 1.85 bits per heavy atom. The Labute approximate surface area is 159 Å². The first-order valence-electron chi connectivity index (χ1n) is 8.43. The second-order valence-electron chi connectivity index (χ2n) is 6.40. The molecule has 2 aromatic carbocycles. The normalized spacial score (nSPS) is 14.3. The van der Waals surface area contributed by atoms with E-state index in [-0.39, 0.29) is 19.0 Å². The summed E-state index contributed by atoms with van der Waals surface area (Å²) < 4.78 is 25.6. The molecule has 2 aromatic rings. The van der Waals surface area contributed by atoms with Gasteiger partial charge in [0.25, 0.3) is 0 Å². The zero-order valence-corrected chi connectivity index (χ0v) is 16.1. The smallest absolute Gasteiger partial charge is 0.242 e. The number of sulfonamides is 1. The number of hydrogen-bond donors (Lipinski definition) is 0. The third-order valence-corrected chi connectivity index (χ3v) is 6.06. The summed E-state index contributed by atoms with van der Waals surface area (Å²) in [6.45, 7) is 0.456. The molecule has 1 aliphatic rings. The van der Waals surface area contributed by atoms with Gasteiger partial charge in [0.2, 0.25) is 15.9 Å². The van der Waals surface area contributed by atoms with Gasteiger partial charge in [0.15, 0.2) is 0 Å². The van der Waals surface area contributed by atoms with Crippen LogP contribution in [0.5, 0.6) is 0 Å². The largest absolute Gasteiger partial charge is 0.311 e. The van der Waals surface area contributed by atoms with Gasteiger partial charge in [-0.25, -0.2) is 8.42 Å². The van der Waals surface area contributed by atoms with Crippen molar-refractivity contribution in [3.05, 3.63) is 64.7 Å². The van der Waals surface area contributed by atoms with Crippen molar-refractivity contribution in [3.63, 3.8) is 0 Å². The molecule has 7 heteroatoms. The predicted molar refractivity (Wildman–Crippen MR) is 104 cm³/mol. The van der Waals surface area contributed by atoms with E-state index in [1.807, 2.05) is 24.3 Å². The third kappa shape index (κ3) is 4.26. The summed E-state index contributed by atoms with van der Waals surface area (Å²) in [6.07, 6.45) is 2.91. The number of hydrogen-bond acceptors (Lipinski definition) is 3. The molecule has 0 bridgehead atoms. The van der Waals surface area contributed by atoms with Gasteiger partial charge in [-0.2, -0.15) is 4.31 Å². The molecule has 0 N–H and O–H groups in total. The second-order valence-corrected chi connectivity index (χ2v) is 8.79. The van der Waals surface area contributed by atoms with E-state index in [0.29, 0.717) is 17.1 Å². The molecule has 0 aliphatic carbocycles. The molecule has 0 atom stereocenters. The van der Waals surface area contributed by atoms with Crippen LogP contribution in [-0.4, -0.2) is 38.0 Å². The summed E-state index contributed by atoms with van der Waals surface area (Å²) in [6, 6.07) is 14.8. The Kier molecular flexibility index (Phi) is 5.65. The number of carbonyl (C=O) groups is 1. The summed E-state index contributed by atoms with van der Waals surface area (Å²) in [5, 5.41) is 0.483. The van der Waals surface area contributed by atoms with E-state index in [1.165, 1.54) is 4.31 Å². The molecular formula is C19H21ClN2O3S. The number of fused-ring (bicyclic) bond motifs is 1. The van der Waals surface area contributed by atoms with Gasteiger partial charge in [-0.1, -0.05) is 48.0 Å². The molecule has 0 saturated heterocycles. The van der Waals surface area contributed by atoms with Crippen LogP contribution in [0.1, 0.15) is 17.5 Å². The van der Waals surface area contributed by atoms with Crippen molar-refractivity contribution < 1.29 is 13.2 Å². The lowest BCUT2D eigenvalue weighted by Crippen LogP contribution is -2.44. The van der Waals surface area contributed by atoms with Crippen LogP contribution in [-0.2, 0) is 27.8 Å². The van der Waals surface area contributed by atoms with Crippen LogP contribution in [0.25, 0.3) is 0 Å². The lowest BCUT2D eigenvalue weighted by Gasteiger charge is -2.31. The van der Waals surface area contributed by atoms with Crippen molar-refractivity contribution in [1.29, 1.82) is 0 Å². The molecule has 0 spiro atoms. The Bertz CT molecular complexity index is 915. The van der Waals surface area contributed by atoms with E-state index in [9.17, 15) is 13.2 Å². The topological polar surface area (TPSA) is 57.7 Å². The average molecular weight is 393 g/mol. The first kappa shape index (κ1) is 18.9. The fourth-order valence-corrected chi connectivity index (χ4v) is 4.05. The Hall–Kier alpha value is -1.89. The van der Waals surface area contributed by atoms with Crippen LogP contribution in [0.3, 0.4) is 0 Å². The molecule has 0 aromatic heterocycles. The molecule has 0 fully saturated rings. The minimum absolute atomic E-state index is 0.0692. The molecule has 0 radical (unpaired) electrons. The van der Waals surface area contributed by atoms with Crippen LogP contribution in [0.2, 0.25) is 5.02 Å².